The summed E-state index contributed by atoms with van der Waals surface area (Å²) in [6, 6.07) is 0. The molecular formula is C14H21N5S. The van der Waals surface area contributed by atoms with Crippen LogP contribution in [-0.4, -0.2) is 22.0 Å². The Balaban J connectivity index is 2.30. The second-order valence-corrected chi connectivity index (χ2v) is 6.35. The second-order valence-electron chi connectivity index (χ2n) is 5.28. The van der Waals surface area contributed by atoms with E-state index >= 15 is 0 Å². The number of nitrogen functional groups attached to an aromatic ring is 1. The summed E-state index contributed by atoms with van der Waals surface area (Å²) in [6.07, 6.45) is 0. The molecule has 0 saturated heterocycles. The lowest BCUT2D eigenvalue weighted by molar-refractivity contribution is 0.759. The van der Waals surface area contributed by atoms with E-state index < -0.39 is 0 Å². The molecule has 2 N–H and O–H groups in total. The molecule has 0 bridgehead atoms. The third-order valence-electron chi connectivity index (χ3n) is 3.12. The highest BCUT2D eigenvalue weighted by Crippen LogP contribution is 2.24. The maximum absolute atomic E-state index is 6.00. The standard InChI is InChI=1S/C14H21N5S/c1-8(2)13-17-12(15)9(3)14(18-13)19(5)6-11-7-20-10(4)16-11/h7-8H,6H2,1-5H3,(H2,15,17,18). The maximum Gasteiger partial charge on any atom is 0.137 e. The Hall–Kier alpha value is -1.69. The fourth-order valence-electron chi connectivity index (χ4n) is 1.97. The number of aryl methyl sites for hydroxylation is 1. The molecular weight excluding hydrogens is 270 g/mol. The smallest absolute Gasteiger partial charge is 0.137 e. The fourth-order valence-corrected chi connectivity index (χ4v) is 2.57. The first-order valence-electron chi connectivity index (χ1n) is 6.64. The highest BCUT2D eigenvalue weighted by atomic mass is 32.1. The van der Waals surface area contributed by atoms with E-state index in [0.29, 0.717) is 5.82 Å². The van der Waals surface area contributed by atoms with Crippen molar-refractivity contribution in [2.75, 3.05) is 17.7 Å². The van der Waals surface area contributed by atoms with Gasteiger partial charge < -0.3 is 10.6 Å². The Bertz CT molecular complexity index is 606. The number of nitrogens with zero attached hydrogens (tertiary/aromatic N) is 4. The number of anilines is 2. The number of hydrogen-bond donors (Lipinski definition) is 1. The summed E-state index contributed by atoms with van der Waals surface area (Å²) >= 11 is 1.66. The molecule has 5 nitrogen and oxygen atoms in total. The van der Waals surface area contributed by atoms with Crippen LogP contribution in [0.25, 0.3) is 0 Å². The van der Waals surface area contributed by atoms with Crippen molar-refractivity contribution in [2.45, 2.75) is 40.2 Å². The second kappa shape index (κ2) is 5.75. The Kier molecular flexibility index (Phi) is 4.23. The molecule has 0 spiro atoms. The van der Waals surface area contributed by atoms with Gasteiger partial charge in [-0.25, -0.2) is 15.0 Å². The van der Waals surface area contributed by atoms with Crippen LogP contribution in [-0.2, 0) is 6.54 Å². The van der Waals surface area contributed by atoms with E-state index in [-0.39, 0.29) is 5.92 Å². The average Bonchev–Trinajstić information content (AvgIpc) is 2.77. The van der Waals surface area contributed by atoms with Crippen LogP contribution in [0.4, 0.5) is 11.6 Å². The minimum Gasteiger partial charge on any atom is -0.383 e. The molecule has 2 heterocycles. The van der Waals surface area contributed by atoms with Gasteiger partial charge in [0, 0.05) is 23.9 Å². The van der Waals surface area contributed by atoms with Crippen LogP contribution < -0.4 is 10.6 Å². The molecule has 2 aromatic heterocycles. The summed E-state index contributed by atoms with van der Waals surface area (Å²) in [6.45, 7) is 8.82. The summed E-state index contributed by atoms with van der Waals surface area (Å²) in [5.41, 5.74) is 7.98. The summed E-state index contributed by atoms with van der Waals surface area (Å²) in [5.74, 6) is 2.47. The predicted octanol–water partition coefficient (Wildman–Crippen LogP) is 2.89. The quantitative estimate of drug-likeness (QED) is 0.938. The van der Waals surface area contributed by atoms with Gasteiger partial charge in [-0.15, -0.1) is 11.3 Å². The van der Waals surface area contributed by atoms with Gasteiger partial charge in [-0.1, -0.05) is 13.8 Å². The molecule has 2 aromatic rings. The van der Waals surface area contributed by atoms with Crippen molar-refractivity contribution in [1.82, 2.24) is 15.0 Å². The van der Waals surface area contributed by atoms with E-state index in [1.165, 1.54) is 0 Å². The lowest BCUT2D eigenvalue weighted by Crippen LogP contribution is -2.21. The summed E-state index contributed by atoms with van der Waals surface area (Å²) in [5, 5.41) is 3.16. The largest absolute Gasteiger partial charge is 0.383 e. The molecule has 6 heteroatoms. The van der Waals surface area contributed by atoms with Gasteiger partial charge in [0.25, 0.3) is 0 Å². The van der Waals surface area contributed by atoms with E-state index in [4.69, 9.17) is 5.73 Å². The van der Waals surface area contributed by atoms with E-state index in [9.17, 15) is 0 Å². The zero-order chi connectivity index (χ0) is 14.9. The molecule has 0 aliphatic carbocycles. The first kappa shape index (κ1) is 14.7. The van der Waals surface area contributed by atoms with Gasteiger partial charge in [-0.2, -0.15) is 0 Å². The number of nitrogens with two attached hydrogens (primary N) is 1. The van der Waals surface area contributed by atoms with E-state index in [1.807, 2.05) is 20.9 Å². The topological polar surface area (TPSA) is 67.9 Å². The number of hydrogen-bond acceptors (Lipinski definition) is 6. The third-order valence-corrected chi connectivity index (χ3v) is 3.94. The van der Waals surface area contributed by atoms with Crippen LogP contribution in [0.1, 0.15) is 41.9 Å². The average molecular weight is 291 g/mol. The van der Waals surface area contributed by atoms with Crippen LogP contribution in [0, 0.1) is 13.8 Å². The minimum atomic E-state index is 0.256. The predicted molar refractivity (Wildman–Crippen MR) is 84.2 cm³/mol. The van der Waals surface area contributed by atoms with Crippen LogP contribution >= 0.6 is 11.3 Å². The molecule has 2 rings (SSSR count). The molecule has 0 radical (unpaired) electrons. The lowest BCUT2D eigenvalue weighted by Gasteiger charge is -2.21. The van der Waals surface area contributed by atoms with Gasteiger partial charge >= 0.3 is 0 Å². The minimum absolute atomic E-state index is 0.256. The van der Waals surface area contributed by atoms with Gasteiger partial charge in [0.05, 0.1) is 17.2 Å². The molecule has 0 fully saturated rings. The fraction of sp³-hybridized carbons (Fsp3) is 0.500. The Morgan fingerprint density at radius 2 is 1.95 bits per heavy atom. The summed E-state index contributed by atoms with van der Waals surface area (Å²) < 4.78 is 0. The Morgan fingerprint density at radius 1 is 1.25 bits per heavy atom. The van der Waals surface area contributed by atoms with Gasteiger partial charge in [-0.3, -0.25) is 0 Å². The molecule has 0 aromatic carbocycles. The van der Waals surface area contributed by atoms with Crippen molar-refractivity contribution in [2.24, 2.45) is 0 Å². The lowest BCUT2D eigenvalue weighted by atomic mass is 10.2. The monoisotopic (exact) mass is 291 g/mol. The molecule has 0 saturated carbocycles. The van der Waals surface area contributed by atoms with Gasteiger partial charge in [-0.05, 0) is 13.8 Å². The number of aromatic nitrogens is 3. The SMILES string of the molecule is Cc1nc(CN(C)c2nc(C(C)C)nc(N)c2C)cs1. The number of rotatable bonds is 4. The third kappa shape index (κ3) is 3.07. The van der Waals surface area contributed by atoms with E-state index in [1.54, 1.807) is 11.3 Å². The molecule has 0 amide bonds. The maximum atomic E-state index is 6.00. The van der Waals surface area contributed by atoms with Crippen LogP contribution in [0.5, 0.6) is 0 Å². The Morgan fingerprint density at radius 3 is 2.50 bits per heavy atom. The number of thiazole rings is 1. The van der Waals surface area contributed by atoms with E-state index in [0.717, 1.165) is 34.5 Å². The van der Waals surface area contributed by atoms with Crippen molar-refractivity contribution in [3.63, 3.8) is 0 Å². The zero-order valence-electron chi connectivity index (χ0n) is 12.6. The highest BCUT2D eigenvalue weighted by Gasteiger charge is 2.15. The summed E-state index contributed by atoms with van der Waals surface area (Å²) in [4.78, 5) is 15.6. The first-order chi connectivity index (χ1) is 9.38. The van der Waals surface area contributed by atoms with Gasteiger partial charge in [0.1, 0.15) is 17.5 Å². The molecule has 108 valence electrons. The van der Waals surface area contributed by atoms with Crippen LogP contribution in [0.15, 0.2) is 5.38 Å². The molecule has 0 aliphatic rings. The van der Waals surface area contributed by atoms with Crippen molar-refractivity contribution >= 4 is 23.0 Å². The zero-order valence-corrected chi connectivity index (χ0v) is 13.5. The van der Waals surface area contributed by atoms with Crippen LogP contribution in [0.2, 0.25) is 0 Å². The first-order valence-corrected chi connectivity index (χ1v) is 7.52. The molecule has 0 atom stereocenters. The van der Waals surface area contributed by atoms with Crippen molar-refractivity contribution in [3.05, 3.63) is 27.5 Å². The van der Waals surface area contributed by atoms with Crippen molar-refractivity contribution in [1.29, 1.82) is 0 Å². The molecule has 0 aliphatic heterocycles. The normalized spacial score (nSPS) is 11.1. The highest BCUT2D eigenvalue weighted by molar-refractivity contribution is 7.09. The van der Waals surface area contributed by atoms with Gasteiger partial charge in [0.2, 0.25) is 0 Å². The van der Waals surface area contributed by atoms with Crippen molar-refractivity contribution < 1.29 is 0 Å². The van der Waals surface area contributed by atoms with Gasteiger partial charge in [0.15, 0.2) is 0 Å². The molecule has 20 heavy (non-hydrogen) atoms. The molecule has 0 unspecified atom stereocenters. The van der Waals surface area contributed by atoms with E-state index in [2.05, 4.69) is 39.1 Å². The Labute approximate surface area is 123 Å². The summed E-state index contributed by atoms with van der Waals surface area (Å²) in [7, 11) is 2.01. The van der Waals surface area contributed by atoms with Crippen LogP contribution in [0.3, 0.4) is 0 Å². The van der Waals surface area contributed by atoms with Crippen molar-refractivity contribution in [3.8, 4) is 0 Å².